The molecule has 0 aliphatic heterocycles. The zero-order valence-corrected chi connectivity index (χ0v) is 22.9. The SMILES string of the molecule is C/C=C/C1CC=C(c2ccc(-c3ccc(C4=CC=C(CCCCCCCC)C(F)C4F)cc3)cc2F)CC1. The maximum Gasteiger partial charge on any atom is 0.161 e. The van der Waals surface area contributed by atoms with Crippen LogP contribution in [-0.4, -0.2) is 12.3 Å². The number of benzene rings is 2. The molecule has 0 radical (unpaired) electrons. The van der Waals surface area contributed by atoms with Crippen molar-refractivity contribution in [3.8, 4) is 11.1 Å². The van der Waals surface area contributed by atoms with Crippen molar-refractivity contribution in [3.63, 3.8) is 0 Å². The standard InChI is InChI=1S/C35H41F3/c1-3-5-6-7-8-9-11-29-20-23-32(35(38)34(29)37)28-18-16-26(17-19-28)30-21-22-31(33(36)24-30)27-14-12-25(10-4-2)13-15-27/h4,10,14,16-25,34-35H,3,5-9,11-13,15H2,1-2H3/b10-4+. The minimum absolute atomic E-state index is 0.218. The first kappa shape index (κ1) is 28.2. The van der Waals surface area contributed by atoms with Crippen LogP contribution >= 0.6 is 0 Å². The quantitative estimate of drug-likeness (QED) is 0.205. The second-order valence-corrected chi connectivity index (χ2v) is 10.7. The van der Waals surface area contributed by atoms with E-state index in [9.17, 15) is 4.39 Å². The molecule has 0 heterocycles. The van der Waals surface area contributed by atoms with Gasteiger partial charge in [0.2, 0.25) is 0 Å². The van der Waals surface area contributed by atoms with Crippen LogP contribution in [0.4, 0.5) is 13.2 Å². The highest BCUT2D eigenvalue weighted by Gasteiger charge is 2.31. The normalized spacial score (nSPS) is 21.8. The van der Waals surface area contributed by atoms with Crippen LogP contribution in [0.2, 0.25) is 0 Å². The summed E-state index contributed by atoms with van der Waals surface area (Å²) in [7, 11) is 0. The van der Waals surface area contributed by atoms with E-state index in [0.29, 0.717) is 34.6 Å². The van der Waals surface area contributed by atoms with Crippen LogP contribution < -0.4 is 0 Å². The van der Waals surface area contributed by atoms with Gasteiger partial charge in [-0.15, -0.1) is 0 Å². The Balaban J connectivity index is 1.41. The molecule has 4 rings (SSSR count). The van der Waals surface area contributed by atoms with Crippen molar-refractivity contribution in [2.45, 2.75) is 90.4 Å². The van der Waals surface area contributed by atoms with Crippen molar-refractivity contribution in [2.24, 2.45) is 5.92 Å². The zero-order chi connectivity index (χ0) is 26.9. The fourth-order valence-corrected chi connectivity index (χ4v) is 5.67. The van der Waals surface area contributed by atoms with E-state index in [4.69, 9.17) is 0 Å². The van der Waals surface area contributed by atoms with E-state index in [1.165, 1.54) is 19.3 Å². The van der Waals surface area contributed by atoms with Gasteiger partial charge in [-0.3, -0.25) is 0 Å². The zero-order valence-electron chi connectivity index (χ0n) is 22.9. The van der Waals surface area contributed by atoms with Gasteiger partial charge in [0.05, 0.1) is 0 Å². The van der Waals surface area contributed by atoms with E-state index in [-0.39, 0.29) is 5.82 Å². The van der Waals surface area contributed by atoms with Crippen molar-refractivity contribution >= 4 is 11.1 Å². The Morgan fingerprint density at radius 1 is 0.842 bits per heavy atom. The molecule has 38 heavy (non-hydrogen) atoms. The van der Waals surface area contributed by atoms with Crippen LogP contribution in [-0.2, 0) is 0 Å². The molecule has 2 aliphatic rings. The maximum absolute atomic E-state index is 15.1. The largest absolute Gasteiger partial charge is 0.239 e. The van der Waals surface area contributed by atoms with Gasteiger partial charge in [0.1, 0.15) is 5.82 Å². The number of allylic oxidation sites excluding steroid dienone is 8. The highest BCUT2D eigenvalue weighted by molar-refractivity contribution is 5.76. The lowest BCUT2D eigenvalue weighted by atomic mass is 9.85. The fraction of sp³-hybridized carbons (Fsp3) is 0.429. The van der Waals surface area contributed by atoms with Crippen molar-refractivity contribution < 1.29 is 13.2 Å². The average molecular weight is 519 g/mol. The second kappa shape index (κ2) is 13.8. The Kier molecular flexibility index (Phi) is 10.3. The molecule has 0 spiro atoms. The molecule has 2 aromatic rings. The van der Waals surface area contributed by atoms with Crippen molar-refractivity contribution in [1.82, 2.24) is 0 Å². The number of rotatable bonds is 11. The molecule has 0 N–H and O–H groups in total. The third-order valence-electron chi connectivity index (χ3n) is 7.99. The highest BCUT2D eigenvalue weighted by Crippen LogP contribution is 2.36. The number of hydrogen-bond donors (Lipinski definition) is 0. The van der Waals surface area contributed by atoms with Crippen LogP contribution in [0.3, 0.4) is 0 Å². The molecule has 0 fully saturated rings. The predicted molar refractivity (Wildman–Crippen MR) is 156 cm³/mol. The van der Waals surface area contributed by atoms with E-state index >= 15 is 8.78 Å². The summed E-state index contributed by atoms with van der Waals surface area (Å²) in [5.41, 5.74) is 4.99. The first-order valence-electron chi connectivity index (χ1n) is 14.4. The van der Waals surface area contributed by atoms with Gasteiger partial charge in [-0.1, -0.05) is 106 Å². The first-order chi connectivity index (χ1) is 18.5. The predicted octanol–water partition coefficient (Wildman–Crippen LogP) is 11.0. The monoisotopic (exact) mass is 518 g/mol. The Morgan fingerprint density at radius 3 is 2.24 bits per heavy atom. The van der Waals surface area contributed by atoms with Crippen LogP contribution in [0, 0.1) is 11.7 Å². The molecule has 0 amide bonds. The summed E-state index contributed by atoms with van der Waals surface area (Å²) in [5.74, 6) is 0.326. The van der Waals surface area contributed by atoms with Gasteiger partial charge in [0.15, 0.2) is 12.3 Å². The molecule has 0 bridgehead atoms. The summed E-state index contributed by atoms with van der Waals surface area (Å²) in [6, 6.07) is 12.7. The Morgan fingerprint density at radius 2 is 1.55 bits per heavy atom. The lowest BCUT2D eigenvalue weighted by Crippen LogP contribution is -2.24. The molecule has 202 valence electrons. The summed E-state index contributed by atoms with van der Waals surface area (Å²) < 4.78 is 45.1. The molecule has 0 saturated carbocycles. The van der Waals surface area contributed by atoms with E-state index in [0.717, 1.165) is 55.2 Å². The molecule has 0 saturated heterocycles. The van der Waals surface area contributed by atoms with Gasteiger partial charge in [-0.05, 0) is 84.4 Å². The third-order valence-corrected chi connectivity index (χ3v) is 7.99. The summed E-state index contributed by atoms with van der Waals surface area (Å²) >= 11 is 0. The number of alkyl halides is 2. The van der Waals surface area contributed by atoms with Gasteiger partial charge < -0.3 is 0 Å². The fourth-order valence-electron chi connectivity index (χ4n) is 5.67. The topological polar surface area (TPSA) is 0 Å². The molecule has 0 nitrogen and oxygen atoms in total. The molecule has 3 atom stereocenters. The summed E-state index contributed by atoms with van der Waals surface area (Å²) in [6.07, 6.45) is 17.0. The average Bonchev–Trinajstić information content (AvgIpc) is 2.94. The van der Waals surface area contributed by atoms with E-state index in [2.05, 4.69) is 25.2 Å². The van der Waals surface area contributed by atoms with E-state index in [1.54, 1.807) is 18.2 Å². The summed E-state index contributed by atoms with van der Waals surface area (Å²) in [5, 5.41) is 0. The van der Waals surface area contributed by atoms with Crippen LogP contribution in [0.15, 0.2) is 78.4 Å². The molecular formula is C35H41F3. The molecule has 3 unspecified atom stereocenters. The van der Waals surface area contributed by atoms with E-state index < -0.39 is 12.3 Å². The first-order valence-corrected chi connectivity index (χ1v) is 14.4. The van der Waals surface area contributed by atoms with Gasteiger partial charge in [0, 0.05) is 5.56 Å². The van der Waals surface area contributed by atoms with Crippen LogP contribution in [0.25, 0.3) is 22.3 Å². The molecule has 3 heteroatoms. The molecular weight excluding hydrogens is 477 g/mol. The van der Waals surface area contributed by atoms with E-state index in [1.807, 2.05) is 43.3 Å². The van der Waals surface area contributed by atoms with Crippen molar-refractivity contribution in [1.29, 1.82) is 0 Å². The lowest BCUT2D eigenvalue weighted by molar-refractivity contribution is 0.237. The maximum atomic E-state index is 15.1. The summed E-state index contributed by atoms with van der Waals surface area (Å²) in [4.78, 5) is 0. The lowest BCUT2D eigenvalue weighted by Gasteiger charge is -2.23. The Labute approximate surface area is 227 Å². The van der Waals surface area contributed by atoms with Gasteiger partial charge in [-0.2, -0.15) is 0 Å². The number of hydrogen-bond acceptors (Lipinski definition) is 0. The minimum atomic E-state index is -1.66. The van der Waals surface area contributed by atoms with Crippen LogP contribution in [0.1, 0.15) is 89.2 Å². The Bertz CT molecular complexity index is 1180. The number of halogens is 3. The molecule has 0 aromatic heterocycles. The molecule has 2 aliphatic carbocycles. The Hall–Kier alpha value is -2.81. The highest BCUT2D eigenvalue weighted by atomic mass is 19.2. The third kappa shape index (κ3) is 6.98. The number of unbranched alkanes of at least 4 members (excludes halogenated alkanes) is 5. The second-order valence-electron chi connectivity index (χ2n) is 10.7. The van der Waals surface area contributed by atoms with Gasteiger partial charge in [-0.25, -0.2) is 13.2 Å². The van der Waals surface area contributed by atoms with Gasteiger partial charge >= 0.3 is 0 Å². The van der Waals surface area contributed by atoms with Crippen molar-refractivity contribution in [3.05, 3.63) is 95.4 Å². The summed E-state index contributed by atoms with van der Waals surface area (Å²) in [6.45, 7) is 4.22. The minimum Gasteiger partial charge on any atom is -0.239 e. The van der Waals surface area contributed by atoms with Gasteiger partial charge in [0.25, 0.3) is 0 Å². The molecule has 2 aromatic carbocycles. The van der Waals surface area contributed by atoms with Crippen molar-refractivity contribution in [2.75, 3.05) is 0 Å². The van der Waals surface area contributed by atoms with Crippen LogP contribution in [0.5, 0.6) is 0 Å². The smallest absolute Gasteiger partial charge is 0.161 e.